The van der Waals surface area contributed by atoms with E-state index < -0.39 is 63.3 Å². The lowest BCUT2D eigenvalue weighted by molar-refractivity contribution is -0.137. The average molecular weight is 611 g/mol. The van der Waals surface area contributed by atoms with E-state index in [4.69, 9.17) is 21.1 Å². The minimum absolute atomic E-state index is 0.0138. The molecule has 0 heterocycles. The van der Waals surface area contributed by atoms with Gasteiger partial charge in [0, 0.05) is 29.4 Å². The predicted molar refractivity (Wildman–Crippen MR) is 149 cm³/mol. The molecule has 13 heteroatoms. The highest BCUT2D eigenvalue weighted by Crippen LogP contribution is 2.34. The molecule has 0 saturated carbocycles. The van der Waals surface area contributed by atoms with Gasteiger partial charge in [0.1, 0.15) is 27.9 Å². The van der Waals surface area contributed by atoms with Crippen molar-refractivity contribution in [2.24, 2.45) is 4.99 Å². The van der Waals surface area contributed by atoms with Crippen molar-refractivity contribution in [1.29, 1.82) is 0 Å². The molecule has 0 unspecified atom stereocenters. The number of halogens is 5. The number of methoxy groups -OCH3 is 1. The van der Waals surface area contributed by atoms with E-state index in [0.717, 1.165) is 19.2 Å². The summed E-state index contributed by atoms with van der Waals surface area (Å²) < 4.78 is 68.1. The third kappa shape index (κ3) is 6.84. The Balaban J connectivity index is 2.08. The van der Waals surface area contributed by atoms with Crippen LogP contribution in [0.25, 0.3) is 5.76 Å². The Labute approximate surface area is 243 Å². The summed E-state index contributed by atoms with van der Waals surface area (Å²) in [7, 11) is 1.44. The summed E-state index contributed by atoms with van der Waals surface area (Å²) in [6, 6.07) is 7.18. The van der Waals surface area contributed by atoms with Crippen LogP contribution in [0.5, 0.6) is 5.75 Å². The van der Waals surface area contributed by atoms with Crippen molar-refractivity contribution in [3.05, 3.63) is 92.0 Å². The number of aliphatic hydroxyl groups excluding tert-OH is 3. The number of ether oxygens (including phenoxy) is 2. The first-order valence-corrected chi connectivity index (χ1v) is 12.8. The molecule has 3 aromatic rings. The van der Waals surface area contributed by atoms with E-state index in [1.165, 1.54) is 20.1 Å². The Kier molecular flexibility index (Phi) is 10.9. The van der Waals surface area contributed by atoms with Gasteiger partial charge in [-0.15, -0.1) is 0 Å². The number of aliphatic imine (C=N–C) groups is 1. The van der Waals surface area contributed by atoms with Gasteiger partial charge in [0.25, 0.3) is 0 Å². The quantitative estimate of drug-likeness (QED) is 0.0397. The van der Waals surface area contributed by atoms with Gasteiger partial charge in [0.05, 0.1) is 43.9 Å². The lowest BCUT2D eigenvalue weighted by Crippen LogP contribution is -2.13. The minimum Gasteiger partial charge on any atom is -0.506 e. The van der Waals surface area contributed by atoms with Gasteiger partial charge in [-0.3, -0.25) is 4.99 Å². The maximum absolute atomic E-state index is 14.9. The van der Waals surface area contributed by atoms with Crippen LogP contribution in [0.2, 0.25) is 5.02 Å². The van der Waals surface area contributed by atoms with Crippen LogP contribution in [0.3, 0.4) is 0 Å². The SMILES string of the molecule is CCOC(=O)/C(C=Nc1cc(NCc2ccc(CO)cc2OC)c(F)cc1CO)=C(\O)c1c(C)c(F)c(F)c(Cl)c1F. The molecule has 0 aliphatic carbocycles. The van der Waals surface area contributed by atoms with Crippen LogP contribution in [0.15, 0.2) is 40.9 Å². The highest BCUT2D eigenvalue weighted by Gasteiger charge is 2.27. The van der Waals surface area contributed by atoms with E-state index in [2.05, 4.69) is 10.3 Å². The Morgan fingerprint density at radius 2 is 1.76 bits per heavy atom. The third-order valence-electron chi connectivity index (χ3n) is 6.16. The van der Waals surface area contributed by atoms with E-state index in [0.29, 0.717) is 16.9 Å². The van der Waals surface area contributed by atoms with E-state index in [1.54, 1.807) is 18.2 Å². The van der Waals surface area contributed by atoms with Crippen LogP contribution in [0, 0.1) is 30.2 Å². The molecule has 8 nitrogen and oxygen atoms in total. The number of nitrogens with one attached hydrogen (secondary N) is 1. The van der Waals surface area contributed by atoms with Crippen molar-refractivity contribution in [1.82, 2.24) is 0 Å². The summed E-state index contributed by atoms with van der Waals surface area (Å²) in [5.41, 5.74) is -1.21. The van der Waals surface area contributed by atoms with E-state index in [-0.39, 0.29) is 36.7 Å². The fourth-order valence-corrected chi connectivity index (χ4v) is 4.10. The third-order valence-corrected chi connectivity index (χ3v) is 6.50. The highest BCUT2D eigenvalue weighted by molar-refractivity contribution is 6.31. The molecule has 4 N–H and O–H groups in total. The lowest BCUT2D eigenvalue weighted by Gasteiger charge is -2.14. The molecule has 224 valence electrons. The maximum Gasteiger partial charge on any atom is 0.343 e. The van der Waals surface area contributed by atoms with Crippen LogP contribution in [0.1, 0.15) is 34.7 Å². The van der Waals surface area contributed by atoms with Crippen molar-refractivity contribution in [3.63, 3.8) is 0 Å². The second-order valence-corrected chi connectivity index (χ2v) is 9.15. The number of carbonyl (C=O) groups is 1. The van der Waals surface area contributed by atoms with Crippen LogP contribution in [-0.4, -0.2) is 41.2 Å². The van der Waals surface area contributed by atoms with Gasteiger partial charge in [-0.2, -0.15) is 0 Å². The number of anilines is 1. The first kappa shape index (κ1) is 32.4. The predicted octanol–water partition coefficient (Wildman–Crippen LogP) is 6.04. The summed E-state index contributed by atoms with van der Waals surface area (Å²) in [5, 5.41) is 31.6. The summed E-state index contributed by atoms with van der Waals surface area (Å²) in [6.45, 7) is 1.47. The molecule has 0 fully saturated rings. The first-order chi connectivity index (χ1) is 20.0. The lowest BCUT2D eigenvalue weighted by atomic mass is 10.0. The van der Waals surface area contributed by atoms with Crippen molar-refractivity contribution in [2.45, 2.75) is 33.6 Å². The summed E-state index contributed by atoms with van der Waals surface area (Å²) in [4.78, 5) is 16.8. The van der Waals surface area contributed by atoms with Crippen LogP contribution < -0.4 is 10.1 Å². The number of benzene rings is 3. The van der Waals surface area contributed by atoms with Gasteiger partial charge >= 0.3 is 5.97 Å². The molecule has 0 spiro atoms. The van der Waals surface area contributed by atoms with Gasteiger partial charge in [-0.05, 0) is 37.6 Å². The Morgan fingerprint density at radius 3 is 2.38 bits per heavy atom. The van der Waals surface area contributed by atoms with Gasteiger partial charge in [0.2, 0.25) is 0 Å². The number of rotatable bonds is 11. The molecule has 0 aromatic heterocycles. The van der Waals surface area contributed by atoms with Crippen LogP contribution in [-0.2, 0) is 29.3 Å². The molecule has 0 aliphatic rings. The zero-order valence-electron chi connectivity index (χ0n) is 22.7. The number of carbonyl (C=O) groups excluding carboxylic acids is 1. The molecule has 0 radical (unpaired) electrons. The fourth-order valence-electron chi connectivity index (χ4n) is 3.92. The second-order valence-electron chi connectivity index (χ2n) is 8.77. The number of nitrogens with zero attached hydrogens (tertiary/aromatic N) is 1. The number of hydrogen-bond acceptors (Lipinski definition) is 8. The molecular weight excluding hydrogens is 584 g/mol. The monoisotopic (exact) mass is 610 g/mol. The average Bonchev–Trinajstić information content (AvgIpc) is 2.98. The Morgan fingerprint density at radius 1 is 1.05 bits per heavy atom. The van der Waals surface area contributed by atoms with Gasteiger partial charge < -0.3 is 30.1 Å². The van der Waals surface area contributed by atoms with Crippen molar-refractivity contribution < 1.29 is 47.1 Å². The zero-order chi connectivity index (χ0) is 31.1. The van der Waals surface area contributed by atoms with E-state index >= 15 is 0 Å². The normalized spacial score (nSPS) is 12.0. The van der Waals surface area contributed by atoms with Gasteiger partial charge in [-0.1, -0.05) is 23.7 Å². The maximum atomic E-state index is 14.9. The number of aliphatic hydroxyl groups is 3. The molecule has 3 aromatic carbocycles. The van der Waals surface area contributed by atoms with Gasteiger partial charge in [0.15, 0.2) is 17.5 Å². The van der Waals surface area contributed by atoms with Crippen LogP contribution in [0.4, 0.5) is 28.9 Å². The fraction of sp³-hybridized carbons (Fsp3) is 0.241. The van der Waals surface area contributed by atoms with Crippen molar-refractivity contribution in [3.8, 4) is 5.75 Å². The molecule has 0 amide bonds. The molecule has 3 rings (SSSR count). The standard InChI is InChI=1S/C29H27ClF4N2O6/c1-4-42-29(40)18(28(39)23-14(2)25(32)27(34)24(30)26(23)33)11-36-20-9-21(19(31)8-17(20)13-38)35-10-16-6-5-15(12-37)7-22(16)41-3/h5-9,11,35,37-39H,4,10,12-13H2,1-3H3/b28-18-,36-11?. The first-order valence-electron chi connectivity index (χ1n) is 12.4. The van der Waals surface area contributed by atoms with Crippen molar-refractivity contribution >= 4 is 40.9 Å². The number of hydrogen-bond donors (Lipinski definition) is 4. The molecule has 0 atom stereocenters. The Hall–Kier alpha value is -4.13. The molecular formula is C29H27ClF4N2O6. The largest absolute Gasteiger partial charge is 0.506 e. The summed E-state index contributed by atoms with van der Waals surface area (Å²) >= 11 is 5.54. The Bertz CT molecular complexity index is 1530. The topological polar surface area (TPSA) is 121 Å². The smallest absolute Gasteiger partial charge is 0.343 e. The number of esters is 1. The molecule has 0 saturated heterocycles. The molecule has 0 bridgehead atoms. The minimum atomic E-state index is -1.67. The second kappa shape index (κ2) is 14.2. The molecule has 0 aliphatic heterocycles. The molecule has 42 heavy (non-hydrogen) atoms. The summed E-state index contributed by atoms with van der Waals surface area (Å²) in [5.74, 6) is -7.37. The van der Waals surface area contributed by atoms with Crippen LogP contribution >= 0.6 is 11.6 Å². The van der Waals surface area contributed by atoms with E-state index in [1.807, 2.05) is 0 Å². The zero-order valence-corrected chi connectivity index (χ0v) is 23.5. The summed E-state index contributed by atoms with van der Waals surface area (Å²) in [6.07, 6.45) is 0.758. The highest BCUT2D eigenvalue weighted by atomic mass is 35.5. The van der Waals surface area contributed by atoms with Crippen molar-refractivity contribution in [2.75, 3.05) is 19.0 Å². The van der Waals surface area contributed by atoms with Gasteiger partial charge in [-0.25, -0.2) is 22.4 Å². The van der Waals surface area contributed by atoms with E-state index in [9.17, 15) is 37.7 Å².